The summed E-state index contributed by atoms with van der Waals surface area (Å²) in [6, 6.07) is 28.0. The molecule has 0 bridgehead atoms. The average molecular weight is 606 g/mol. The molecule has 1 atom stereocenters. The Morgan fingerprint density at radius 1 is 0.857 bits per heavy atom. The first-order valence-electron chi connectivity index (χ1n) is 13.9. The van der Waals surface area contributed by atoms with Gasteiger partial charge >= 0.3 is 0 Å². The number of hydrogen-bond donors (Lipinski definition) is 1. The van der Waals surface area contributed by atoms with E-state index in [1.807, 2.05) is 74.5 Å². The molecule has 0 heterocycles. The van der Waals surface area contributed by atoms with Crippen LogP contribution in [0.15, 0.2) is 102 Å². The van der Waals surface area contributed by atoms with Crippen LogP contribution >= 0.6 is 11.6 Å². The number of rotatable bonds is 12. The molecule has 0 spiro atoms. The van der Waals surface area contributed by atoms with Crippen LogP contribution in [0.5, 0.6) is 0 Å². The number of halogens is 1. The SMILES string of the molecule is CC(C)CNC(=O)C(Cc1ccccc1)N(Cc1ccccc1Cl)C(=O)CN(C)S(=O)(=O)c1ccc2ccccc2c1. The van der Waals surface area contributed by atoms with Gasteiger partial charge in [0.2, 0.25) is 21.8 Å². The largest absolute Gasteiger partial charge is 0.354 e. The molecule has 4 aromatic carbocycles. The average Bonchev–Trinajstić information content (AvgIpc) is 2.98. The summed E-state index contributed by atoms with van der Waals surface area (Å²) in [7, 11) is -2.63. The molecular weight excluding hydrogens is 570 g/mol. The van der Waals surface area contributed by atoms with E-state index in [1.54, 1.807) is 30.3 Å². The van der Waals surface area contributed by atoms with Crippen molar-refractivity contribution >= 4 is 44.2 Å². The highest BCUT2D eigenvalue weighted by Crippen LogP contribution is 2.23. The predicted molar refractivity (Wildman–Crippen MR) is 168 cm³/mol. The molecule has 0 fully saturated rings. The normalized spacial score (nSPS) is 12.4. The molecule has 7 nitrogen and oxygen atoms in total. The fourth-order valence-corrected chi connectivity index (χ4v) is 6.01. The van der Waals surface area contributed by atoms with Gasteiger partial charge in [-0.1, -0.05) is 104 Å². The Morgan fingerprint density at radius 3 is 2.19 bits per heavy atom. The summed E-state index contributed by atoms with van der Waals surface area (Å²) in [4.78, 5) is 29.2. The van der Waals surface area contributed by atoms with Gasteiger partial charge in [-0.05, 0) is 46.0 Å². The molecule has 1 unspecified atom stereocenters. The number of fused-ring (bicyclic) bond motifs is 1. The lowest BCUT2D eigenvalue weighted by molar-refractivity contribution is -0.141. The van der Waals surface area contributed by atoms with E-state index >= 15 is 0 Å². The van der Waals surface area contributed by atoms with Crippen molar-refractivity contribution in [2.75, 3.05) is 20.1 Å². The molecule has 42 heavy (non-hydrogen) atoms. The van der Waals surface area contributed by atoms with Crippen LogP contribution in [0.3, 0.4) is 0 Å². The van der Waals surface area contributed by atoms with Gasteiger partial charge in [-0.25, -0.2) is 8.42 Å². The van der Waals surface area contributed by atoms with Gasteiger partial charge in [-0.3, -0.25) is 9.59 Å². The number of hydrogen-bond acceptors (Lipinski definition) is 4. The van der Waals surface area contributed by atoms with Gasteiger partial charge in [-0.2, -0.15) is 4.31 Å². The first-order valence-corrected chi connectivity index (χ1v) is 15.7. The molecule has 0 aromatic heterocycles. The van der Waals surface area contributed by atoms with Crippen LogP contribution in [-0.2, 0) is 32.6 Å². The minimum absolute atomic E-state index is 0.0367. The maximum Gasteiger partial charge on any atom is 0.243 e. The second-order valence-corrected chi connectivity index (χ2v) is 13.2. The highest BCUT2D eigenvalue weighted by molar-refractivity contribution is 7.89. The Bertz CT molecular complexity index is 1640. The van der Waals surface area contributed by atoms with E-state index in [4.69, 9.17) is 11.6 Å². The molecule has 9 heteroatoms. The van der Waals surface area contributed by atoms with Gasteiger partial charge in [0.05, 0.1) is 11.4 Å². The summed E-state index contributed by atoms with van der Waals surface area (Å²) in [5.74, 6) is -0.618. The number of nitrogens with zero attached hydrogens (tertiary/aromatic N) is 2. The van der Waals surface area contributed by atoms with Crippen molar-refractivity contribution < 1.29 is 18.0 Å². The van der Waals surface area contributed by atoms with Crippen LogP contribution < -0.4 is 5.32 Å². The van der Waals surface area contributed by atoms with E-state index < -0.39 is 28.5 Å². The number of likely N-dealkylation sites (N-methyl/N-ethyl adjacent to an activating group) is 1. The van der Waals surface area contributed by atoms with Crippen molar-refractivity contribution in [3.8, 4) is 0 Å². The van der Waals surface area contributed by atoms with Gasteiger partial charge in [0.15, 0.2) is 0 Å². The van der Waals surface area contributed by atoms with Gasteiger partial charge in [0.1, 0.15) is 6.04 Å². The van der Waals surface area contributed by atoms with Crippen molar-refractivity contribution in [1.29, 1.82) is 0 Å². The monoisotopic (exact) mass is 605 g/mol. The topological polar surface area (TPSA) is 86.8 Å². The molecule has 0 aliphatic heterocycles. The molecule has 4 aromatic rings. The lowest BCUT2D eigenvalue weighted by atomic mass is 10.0. The highest BCUT2D eigenvalue weighted by Gasteiger charge is 2.33. The van der Waals surface area contributed by atoms with E-state index in [0.29, 0.717) is 17.1 Å². The van der Waals surface area contributed by atoms with Crippen LogP contribution in [0.1, 0.15) is 25.0 Å². The third-order valence-electron chi connectivity index (χ3n) is 7.04. The standard InChI is InChI=1S/C33H36ClN3O4S/c1-24(2)21-35-33(39)31(19-25-11-5-4-6-12-25)37(22-28-15-9-10-16-30(28)34)32(38)23-36(3)42(40,41)29-18-17-26-13-7-8-14-27(26)20-29/h4-18,20,24,31H,19,21-23H2,1-3H3,(H,35,39). The molecule has 4 rings (SSSR count). The molecule has 1 N–H and O–H groups in total. The molecular formula is C33H36ClN3O4S. The van der Waals surface area contributed by atoms with Crippen LogP contribution in [0, 0.1) is 5.92 Å². The molecule has 220 valence electrons. The maximum absolute atomic E-state index is 14.0. The second-order valence-electron chi connectivity index (χ2n) is 10.7. The molecule has 0 saturated heterocycles. The van der Waals surface area contributed by atoms with Crippen molar-refractivity contribution in [3.63, 3.8) is 0 Å². The Balaban J connectivity index is 1.67. The Hall–Kier alpha value is -3.72. The quantitative estimate of drug-likeness (QED) is 0.230. The first-order chi connectivity index (χ1) is 20.1. The van der Waals surface area contributed by atoms with Crippen molar-refractivity contribution in [1.82, 2.24) is 14.5 Å². The minimum atomic E-state index is -4.01. The number of amides is 2. The Morgan fingerprint density at radius 2 is 1.50 bits per heavy atom. The van der Waals surface area contributed by atoms with Crippen LogP contribution in [0.2, 0.25) is 5.02 Å². The zero-order valence-corrected chi connectivity index (χ0v) is 25.6. The summed E-state index contributed by atoms with van der Waals surface area (Å²) in [6.45, 7) is 4.00. The first kappa shape index (κ1) is 31.2. The van der Waals surface area contributed by atoms with Crippen LogP contribution in [0.4, 0.5) is 0 Å². The van der Waals surface area contributed by atoms with E-state index in [0.717, 1.165) is 20.6 Å². The summed E-state index contributed by atoms with van der Waals surface area (Å²) in [5, 5.41) is 5.11. The fourth-order valence-electron chi connectivity index (χ4n) is 4.66. The predicted octanol–water partition coefficient (Wildman–Crippen LogP) is 5.53. The smallest absolute Gasteiger partial charge is 0.243 e. The van der Waals surface area contributed by atoms with Gasteiger partial charge in [0.25, 0.3) is 0 Å². The number of benzene rings is 4. The zero-order chi connectivity index (χ0) is 30.3. The summed E-state index contributed by atoms with van der Waals surface area (Å²) >= 11 is 6.48. The van der Waals surface area contributed by atoms with Crippen molar-refractivity contribution in [2.45, 2.75) is 37.8 Å². The van der Waals surface area contributed by atoms with E-state index in [9.17, 15) is 18.0 Å². The molecule has 0 radical (unpaired) electrons. The van der Waals surface area contributed by atoms with Crippen LogP contribution in [0.25, 0.3) is 10.8 Å². The summed E-state index contributed by atoms with van der Waals surface area (Å²) in [5.41, 5.74) is 1.53. The summed E-state index contributed by atoms with van der Waals surface area (Å²) < 4.78 is 28.2. The van der Waals surface area contributed by atoms with Gasteiger partial charge in [-0.15, -0.1) is 0 Å². The molecule has 2 amide bonds. The van der Waals surface area contributed by atoms with Gasteiger partial charge in [0, 0.05) is 31.6 Å². The Kier molecular flexibility index (Phi) is 10.4. The number of carbonyl (C=O) groups excluding carboxylic acids is 2. The zero-order valence-electron chi connectivity index (χ0n) is 24.0. The number of nitrogens with one attached hydrogen (secondary N) is 1. The second kappa shape index (κ2) is 14.0. The molecule has 0 aliphatic carbocycles. The number of sulfonamides is 1. The van der Waals surface area contributed by atoms with Crippen LogP contribution in [-0.4, -0.2) is 55.6 Å². The van der Waals surface area contributed by atoms with E-state index in [2.05, 4.69) is 5.32 Å². The third kappa shape index (κ3) is 7.76. The van der Waals surface area contributed by atoms with Crippen molar-refractivity contribution in [3.05, 3.63) is 113 Å². The lowest BCUT2D eigenvalue weighted by Gasteiger charge is -2.33. The lowest BCUT2D eigenvalue weighted by Crippen LogP contribution is -2.53. The van der Waals surface area contributed by atoms with E-state index in [1.165, 1.54) is 18.0 Å². The van der Waals surface area contributed by atoms with Crippen molar-refractivity contribution in [2.24, 2.45) is 5.92 Å². The highest BCUT2D eigenvalue weighted by atomic mass is 35.5. The maximum atomic E-state index is 14.0. The minimum Gasteiger partial charge on any atom is -0.354 e. The van der Waals surface area contributed by atoms with Gasteiger partial charge < -0.3 is 10.2 Å². The molecule has 0 aliphatic rings. The Labute approximate surface area is 253 Å². The molecule has 0 saturated carbocycles. The third-order valence-corrected chi connectivity index (χ3v) is 9.21. The van der Waals surface area contributed by atoms with E-state index in [-0.39, 0.29) is 29.7 Å². The summed E-state index contributed by atoms with van der Waals surface area (Å²) in [6.07, 6.45) is 0.252. The number of carbonyl (C=O) groups is 2. The fraction of sp³-hybridized carbons (Fsp3) is 0.273.